The van der Waals surface area contributed by atoms with Crippen LogP contribution in [-0.4, -0.2) is 8.42 Å². The third-order valence-corrected chi connectivity index (χ3v) is 3.77. The number of rotatable bonds is 5. The smallest absolute Gasteiger partial charge is 0.238 e. The van der Waals surface area contributed by atoms with E-state index in [0.29, 0.717) is 0 Å². The van der Waals surface area contributed by atoms with Crippen molar-refractivity contribution in [2.24, 2.45) is 17.0 Å². The Morgan fingerprint density at radius 3 is 2.18 bits per heavy atom. The van der Waals surface area contributed by atoms with Gasteiger partial charge in [0.2, 0.25) is 10.0 Å². The minimum absolute atomic E-state index is 0.0844. The Balaban J connectivity index is 3.01. The predicted octanol–water partition coefficient (Wildman–Crippen LogP) is 1.31. The molecule has 0 aromatic heterocycles. The number of sulfonamides is 1. The molecule has 17 heavy (non-hydrogen) atoms. The highest BCUT2D eigenvalue weighted by atomic mass is 32.2. The van der Waals surface area contributed by atoms with Crippen molar-refractivity contribution in [3.05, 3.63) is 29.8 Å². The van der Waals surface area contributed by atoms with Gasteiger partial charge in [0.1, 0.15) is 6.10 Å². The molecule has 0 bridgehead atoms. The van der Waals surface area contributed by atoms with E-state index in [4.69, 9.17) is 15.9 Å². The summed E-state index contributed by atoms with van der Waals surface area (Å²) in [5.41, 5.74) is 0.842. The van der Waals surface area contributed by atoms with Gasteiger partial charge >= 0.3 is 0 Å². The summed E-state index contributed by atoms with van der Waals surface area (Å²) in [5, 5.41) is 5.02. The average molecular weight is 258 g/mol. The van der Waals surface area contributed by atoms with Crippen LogP contribution in [0, 0.1) is 5.92 Å². The fraction of sp³-hybridized carbons (Fsp3) is 0.455. The number of hydrogen-bond donors (Lipinski definition) is 2. The molecule has 0 radical (unpaired) electrons. The van der Waals surface area contributed by atoms with E-state index in [2.05, 4.69) is 0 Å². The number of hydrogen-bond acceptors (Lipinski definition) is 4. The molecule has 5 nitrogen and oxygen atoms in total. The maximum Gasteiger partial charge on any atom is 0.238 e. The molecule has 0 aliphatic carbocycles. The molecule has 0 saturated carbocycles. The highest BCUT2D eigenvalue weighted by Gasteiger charge is 2.18. The first-order chi connectivity index (χ1) is 7.90. The van der Waals surface area contributed by atoms with Crippen molar-refractivity contribution in [2.75, 3.05) is 0 Å². The maximum atomic E-state index is 11.1. The summed E-state index contributed by atoms with van der Waals surface area (Å²) in [6.07, 6.45) is 0.674. The van der Waals surface area contributed by atoms with E-state index in [0.717, 1.165) is 12.0 Å². The van der Waals surface area contributed by atoms with Gasteiger partial charge in [-0.25, -0.2) is 19.5 Å². The molecule has 0 heterocycles. The molecule has 0 amide bonds. The molecule has 0 aliphatic rings. The second-order valence-electron chi connectivity index (χ2n) is 4.06. The zero-order valence-electron chi connectivity index (χ0n) is 9.96. The van der Waals surface area contributed by atoms with Gasteiger partial charge < -0.3 is 0 Å². The minimum atomic E-state index is -3.65. The van der Waals surface area contributed by atoms with Crippen LogP contribution < -0.4 is 11.0 Å². The van der Waals surface area contributed by atoms with Crippen molar-refractivity contribution >= 4 is 10.0 Å². The monoisotopic (exact) mass is 258 g/mol. The summed E-state index contributed by atoms with van der Waals surface area (Å²) in [6, 6.07) is 6.25. The van der Waals surface area contributed by atoms with Crippen molar-refractivity contribution in [3.63, 3.8) is 0 Å². The Morgan fingerprint density at radius 2 is 1.82 bits per heavy atom. The summed E-state index contributed by atoms with van der Waals surface area (Å²) in [5.74, 6) is 5.51. The fourth-order valence-corrected chi connectivity index (χ4v) is 2.12. The Bertz CT molecular complexity index is 456. The standard InChI is InChI=1S/C11H18N2O3S/c1-3-8(2)11(16-12)9-4-6-10(7-5-9)17(13,14)15/h4-8,11H,3,12H2,1-2H3,(H2,13,14,15). The number of nitrogens with two attached hydrogens (primary N) is 2. The molecular formula is C11H18N2O3S. The third-order valence-electron chi connectivity index (χ3n) is 2.84. The van der Waals surface area contributed by atoms with Crippen LogP contribution in [0.25, 0.3) is 0 Å². The third kappa shape index (κ3) is 3.50. The highest BCUT2D eigenvalue weighted by molar-refractivity contribution is 7.89. The molecule has 0 aliphatic heterocycles. The lowest BCUT2D eigenvalue weighted by atomic mass is 9.95. The molecule has 1 aromatic rings. The Morgan fingerprint density at radius 1 is 1.29 bits per heavy atom. The number of primary sulfonamides is 1. The second-order valence-corrected chi connectivity index (χ2v) is 5.62. The minimum Gasteiger partial charge on any atom is -0.296 e. The second kappa shape index (κ2) is 5.59. The predicted molar refractivity (Wildman–Crippen MR) is 65.3 cm³/mol. The summed E-state index contributed by atoms with van der Waals surface area (Å²) in [7, 11) is -3.65. The Kier molecular flexibility index (Phi) is 4.64. The number of benzene rings is 1. The van der Waals surface area contributed by atoms with Crippen LogP contribution in [-0.2, 0) is 14.9 Å². The normalized spacial score (nSPS) is 15.5. The molecule has 1 rings (SSSR count). The van der Waals surface area contributed by atoms with Crippen LogP contribution in [0.3, 0.4) is 0 Å². The summed E-state index contributed by atoms with van der Waals surface area (Å²) >= 11 is 0. The van der Waals surface area contributed by atoms with Crippen LogP contribution >= 0.6 is 0 Å². The summed E-state index contributed by atoms with van der Waals surface area (Å²) < 4.78 is 22.2. The van der Waals surface area contributed by atoms with Gasteiger partial charge in [-0.1, -0.05) is 32.4 Å². The van der Waals surface area contributed by atoms with Crippen molar-refractivity contribution in [1.82, 2.24) is 0 Å². The first-order valence-corrected chi connectivity index (χ1v) is 6.93. The largest absolute Gasteiger partial charge is 0.296 e. The first kappa shape index (κ1) is 14.1. The molecule has 1 aromatic carbocycles. The van der Waals surface area contributed by atoms with E-state index in [9.17, 15) is 8.42 Å². The SMILES string of the molecule is CCC(C)C(ON)c1ccc(S(N)(=O)=O)cc1. The Hall–Kier alpha value is -0.950. The van der Waals surface area contributed by atoms with Crippen molar-refractivity contribution in [1.29, 1.82) is 0 Å². The topological polar surface area (TPSA) is 95.4 Å². The Labute approximate surface area is 102 Å². The van der Waals surface area contributed by atoms with Gasteiger partial charge in [0.25, 0.3) is 0 Å². The van der Waals surface area contributed by atoms with Crippen LogP contribution in [0.1, 0.15) is 31.9 Å². The molecule has 2 atom stereocenters. The van der Waals surface area contributed by atoms with Crippen LogP contribution in [0.15, 0.2) is 29.2 Å². The van der Waals surface area contributed by atoms with E-state index in [-0.39, 0.29) is 16.9 Å². The average Bonchev–Trinajstić information content (AvgIpc) is 2.29. The van der Waals surface area contributed by atoms with Gasteiger partial charge in [0, 0.05) is 0 Å². The molecule has 96 valence electrons. The molecule has 0 fully saturated rings. The maximum absolute atomic E-state index is 11.1. The van der Waals surface area contributed by atoms with Crippen molar-refractivity contribution in [2.45, 2.75) is 31.3 Å². The van der Waals surface area contributed by atoms with Gasteiger partial charge in [0.15, 0.2) is 0 Å². The van der Waals surface area contributed by atoms with E-state index in [1.807, 2.05) is 13.8 Å². The van der Waals surface area contributed by atoms with Gasteiger partial charge in [-0.15, -0.1) is 0 Å². The lowest BCUT2D eigenvalue weighted by molar-refractivity contribution is 0.0136. The van der Waals surface area contributed by atoms with E-state index >= 15 is 0 Å². The lowest BCUT2D eigenvalue weighted by Crippen LogP contribution is -2.17. The first-order valence-electron chi connectivity index (χ1n) is 5.38. The molecular weight excluding hydrogens is 240 g/mol. The van der Waals surface area contributed by atoms with Crippen molar-refractivity contribution < 1.29 is 13.3 Å². The van der Waals surface area contributed by atoms with Gasteiger partial charge in [-0.2, -0.15) is 0 Å². The summed E-state index contributed by atoms with van der Waals surface area (Å²) in [4.78, 5) is 5.02. The quantitative estimate of drug-likeness (QED) is 0.778. The van der Waals surface area contributed by atoms with Gasteiger partial charge in [-0.05, 0) is 23.6 Å². The van der Waals surface area contributed by atoms with E-state index in [1.165, 1.54) is 12.1 Å². The van der Waals surface area contributed by atoms with E-state index < -0.39 is 10.0 Å². The van der Waals surface area contributed by atoms with Gasteiger partial charge in [0.05, 0.1) is 4.90 Å². The molecule has 4 N–H and O–H groups in total. The zero-order valence-corrected chi connectivity index (χ0v) is 10.8. The van der Waals surface area contributed by atoms with Crippen LogP contribution in [0.2, 0.25) is 0 Å². The lowest BCUT2D eigenvalue weighted by Gasteiger charge is -2.21. The van der Waals surface area contributed by atoms with E-state index in [1.54, 1.807) is 12.1 Å². The van der Waals surface area contributed by atoms with Crippen LogP contribution in [0.5, 0.6) is 0 Å². The van der Waals surface area contributed by atoms with Gasteiger partial charge in [-0.3, -0.25) is 4.84 Å². The highest BCUT2D eigenvalue weighted by Crippen LogP contribution is 2.27. The molecule has 0 spiro atoms. The molecule has 0 saturated heterocycles. The summed E-state index contributed by atoms with van der Waals surface area (Å²) in [6.45, 7) is 4.06. The zero-order chi connectivity index (χ0) is 13.1. The fourth-order valence-electron chi connectivity index (χ4n) is 1.60. The molecule has 2 unspecified atom stereocenters. The van der Waals surface area contributed by atoms with Crippen molar-refractivity contribution in [3.8, 4) is 0 Å². The molecule has 6 heteroatoms. The van der Waals surface area contributed by atoms with Crippen LogP contribution in [0.4, 0.5) is 0 Å².